The molecule has 0 bridgehead atoms. The van der Waals surface area contributed by atoms with Crippen LogP contribution in [0.4, 0.5) is 8.78 Å². The maximum Gasteiger partial charge on any atom is 0.325 e. The van der Waals surface area contributed by atoms with Crippen LogP contribution in [-0.4, -0.2) is 29.5 Å². The Balaban J connectivity index is 1.61. The molecule has 1 aromatic carbocycles. The van der Waals surface area contributed by atoms with Gasteiger partial charge in [-0.05, 0) is 30.0 Å². The van der Waals surface area contributed by atoms with Crippen molar-refractivity contribution >= 4 is 5.78 Å². The van der Waals surface area contributed by atoms with Crippen LogP contribution in [0.15, 0.2) is 46.4 Å². The third kappa shape index (κ3) is 2.61. The third-order valence-corrected chi connectivity index (χ3v) is 4.91. The van der Waals surface area contributed by atoms with Gasteiger partial charge in [0.25, 0.3) is 11.3 Å². The van der Waals surface area contributed by atoms with Gasteiger partial charge in [0, 0.05) is 18.2 Å². The number of fused-ring (bicyclic) bond motifs is 1. The minimum Gasteiger partial charge on any atom is -0.313 e. The molecular formula is C18H12F2N6O2. The number of nitrogens with one attached hydrogen (secondary N) is 2. The fraction of sp³-hybridized carbons (Fsp3) is 0.167. The molecule has 8 nitrogen and oxygen atoms in total. The second-order valence-electron chi connectivity index (χ2n) is 6.64. The van der Waals surface area contributed by atoms with E-state index in [0.717, 1.165) is 6.07 Å². The van der Waals surface area contributed by atoms with Crippen LogP contribution in [0.5, 0.6) is 0 Å². The van der Waals surface area contributed by atoms with Gasteiger partial charge in [0.05, 0.1) is 17.0 Å². The normalized spacial score (nSPS) is 18.5. The van der Waals surface area contributed by atoms with E-state index in [4.69, 9.17) is 0 Å². The lowest BCUT2D eigenvalue weighted by molar-refractivity contribution is 0.571. The number of benzene rings is 1. The van der Waals surface area contributed by atoms with Gasteiger partial charge in [-0.2, -0.15) is 10.1 Å². The van der Waals surface area contributed by atoms with Crippen molar-refractivity contribution in [1.29, 1.82) is 0 Å². The summed E-state index contributed by atoms with van der Waals surface area (Å²) in [4.78, 5) is 36.4. The summed E-state index contributed by atoms with van der Waals surface area (Å²) >= 11 is 0. The Morgan fingerprint density at radius 2 is 2.00 bits per heavy atom. The van der Waals surface area contributed by atoms with Crippen molar-refractivity contribution in [2.45, 2.75) is 18.3 Å². The topological polar surface area (TPSA) is 109 Å². The van der Waals surface area contributed by atoms with Crippen LogP contribution in [0, 0.1) is 11.6 Å². The zero-order chi connectivity index (χ0) is 19.4. The number of halogens is 2. The molecule has 3 heterocycles. The molecule has 0 amide bonds. The van der Waals surface area contributed by atoms with E-state index < -0.39 is 22.9 Å². The highest BCUT2D eigenvalue weighted by atomic mass is 19.1. The van der Waals surface area contributed by atoms with E-state index in [1.807, 2.05) is 0 Å². The first-order valence-corrected chi connectivity index (χ1v) is 8.49. The van der Waals surface area contributed by atoms with Crippen molar-refractivity contribution in [3.05, 3.63) is 80.5 Å². The van der Waals surface area contributed by atoms with Gasteiger partial charge < -0.3 is 4.98 Å². The van der Waals surface area contributed by atoms with E-state index in [1.165, 1.54) is 29.2 Å². The van der Waals surface area contributed by atoms with Gasteiger partial charge in [0.1, 0.15) is 18.0 Å². The molecule has 2 atom stereocenters. The average Bonchev–Trinajstić information content (AvgIpc) is 3.28. The summed E-state index contributed by atoms with van der Waals surface area (Å²) in [5.74, 6) is -1.16. The van der Waals surface area contributed by atoms with E-state index in [1.54, 1.807) is 6.07 Å². The minimum absolute atomic E-state index is 0.0900. The maximum atomic E-state index is 14.2. The van der Waals surface area contributed by atoms with Crippen molar-refractivity contribution in [2.24, 2.45) is 0 Å². The van der Waals surface area contributed by atoms with E-state index in [9.17, 15) is 18.4 Å². The maximum absolute atomic E-state index is 14.2. The molecular weight excluding hydrogens is 370 g/mol. The predicted molar refractivity (Wildman–Crippen MR) is 93.9 cm³/mol. The molecule has 28 heavy (non-hydrogen) atoms. The molecule has 0 aliphatic heterocycles. The van der Waals surface area contributed by atoms with Gasteiger partial charge in [0.2, 0.25) is 0 Å². The summed E-state index contributed by atoms with van der Waals surface area (Å²) in [6, 6.07) is 5.23. The van der Waals surface area contributed by atoms with Gasteiger partial charge in [-0.1, -0.05) is 6.07 Å². The molecule has 140 valence electrons. The van der Waals surface area contributed by atoms with E-state index >= 15 is 0 Å². The Labute approximate surface area is 154 Å². The van der Waals surface area contributed by atoms with E-state index in [-0.39, 0.29) is 23.2 Å². The van der Waals surface area contributed by atoms with Crippen molar-refractivity contribution in [3.8, 4) is 11.3 Å². The third-order valence-electron chi connectivity index (χ3n) is 4.91. The highest BCUT2D eigenvalue weighted by molar-refractivity contribution is 5.60. The van der Waals surface area contributed by atoms with E-state index in [0.29, 0.717) is 23.4 Å². The second-order valence-corrected chi connectivity index (χ2v) is 6.64. The monoisotopic (exact) mass is 382 g/mol. The van der Waals surface area contributed by atoms with Crippen LogP contribution in [-0.2, 0) is 0 Å². The van der Waals surface area contributed by atoms with Crippen LogP contribution in [0.2, 0.25) is 0 Å². The molecule has 0 unspecified atom stereocenters. The summed E-state index contributed by atoms with van der Waals surface area (Å²) in [7, 11) is 0. The Hall–Kier alpha value is -3.69. The van der Waals surface area contributed by atoms with Gasteiger partial charge in [-0.3, -0.25) is 9.78 Å². The van der Waals surface area contributed by atoms with Crippen LogP contribution in [0.3, 0.4) is 0 Å². The van der Waals surface area contributed by atoms with Gasteiger partial charge >= 0.3 is 5.69 Å². The number of nitrogens with zero attached hydrogens (tertiary/aromatic N) is 4. The van der Waals surface area contributed by atoms with Gasteiger partial charge in [-0.15, -0.1) is 0 Å². The SMILES string of the molecule is O=c1[nH]cc(-c2cc([C@H]3C[C@@H]3c3ccc(F)cc3F)n3ncnc3n2)c(=O)[nH]1. The molecule has 5 rings (SSSR count). The fourth-order valence-electron chi connectivity index (χ4n) is 3.50. The Kier molecular flexibility index (Phi) is 3.48. The molecule has 0 spiro atoms. The zero-order valence-electron chi connectivity index (χ0n) is 14.2. The van der Waals surface area contributed by atoms with Gasteiger partial charge in [-0.25, -0.2) is 23.1 Å². The van der Waals surface area contributed by atoms with Crippen LogP contribution >= 0.6 is 0 Å². The summed E-state index contributed by atoms with van der Waals surface area (Å²) in [6.07, 6.45) is 3.26. The number of rotatable bonds is 3. The molecule has 0 saturated heterocycles. The first-order valence-electron chi connectivity index (χ1n) is 8.49. The van der Waals surface area contributed by atoms with Crippen molar-refractivity contribution in [2.75, 3.05) is 0 Å². The molecule has 2 N–H and O–H groups in total. The molecule has 1 aliphatic rings. The lowest BCUT2D eigenvalue weighted by atomic mass is 10.1. The van der Waals surface area contributed by atoms with Crippen molar-refractivity contribution < 1.29 is 8.78 Å². The first kappa shape index (κ1) is 16.5. The van der Waals surface area contributed by atoms with Gasteiger partial charge in [0.15, 0.2) is 0 Å². The Bertz CT molecular complexity index is 1340. The summed E-state index contributed by atoms with van der Waals surface area (Å²) in [5, 5.41) is 4.16. The highest BCUT2D eigenvalue weighted by Crippen LogP contribution is 2.55. The molecule has 1 aliphatic carbocycles. The van der Waals surface area contributed by atoms with Crippen molar-refractivity contribution in [1.82, 2.24) is 29.5 Å². The number of aromatic amines is 2. The summed E-state index contributed by atoms with van der Waals surface area (Å²) in [6.45, 7) is 0. The predicted octanol–water partition coefficient (Wildman–Crippen LogP) is 1.72. The Morgan fingerprint density at radius 1 is 1.14 bits per heavy atom. The van der Waals surface area contributed by atoms with Crippen molar-refractivity contribution in [3.63, 3.8) is 0 Å². The number of hydrogen-bond donors (Lipinski definition) is 2. The molecule has 1 fully saturated rings. The molecule has 3 aromatic heterocycles. The summed E-state index contributed by atoms with van der Waals surface area (Å²) in [5.41, 5.74) is 0.432. The number of H-pyrrole nitrogens is 2. The smallest absolute Gasteiger partial charge is 0.313 e. The van der Waals surface area contributed by atoms with Crippen LogP contribution < -0.4 is 11.2 Å². The highest BCUT2D eigenvalue weighted by Gasteiger charge is 2.43. The largest absolute Gasteiger partial charge is 0.325 e. The quantitative estimate of drug-likeness (QED) is 0.561. The first-order chi connectivity index (χ1) is 13.5. The lowest BCUT2D eigenvalue weighted by Crippen LogP contribution is -2.23. The molecule has 1 saturated carbocycles. The molecule has 10 heteroatoms. The Morgan fingerprint density at radius 3 is 2.79 bits per heavy atom. The standard InChI is InChI=1S/C18H12F2N6O2/c19-8-1-2-9(13(20)3-8)10-4-11(10)15-5-14(24-17-22-7-23-26(15)17)12-6-21-18(28)25-16(12)27/h1-3,5-7,10-11H,4H2,(H2,21,25,27,28)/t10-,11+/m1/s1. The average molecular weight is 382 g/mol. The lowest BCUT2D eigenvalue weighted by Gasteiger charge is -2.07. The van der Waals surface area contributed by atoms with E-state index in [2.05, 4.69) is 25.0 Å². The fourth-order valence-corrected chi connectivity index (χ4v) is 3.50. The number of aromatic nitrogens is 6. The second kappa shape index (κ2) is 5.91. The summed E-state index contributed by atoms with van der Waals surface area (Å²) < 4.78 is 28.9. The van der Waals surface area contributed by atoms with Crippen LogP contribution in [0.25, 0.3) is 17.0 Å². The molecule has 0 radical (unpaired) electrons. The van der Waals surface area contributed by atoms with Crippen LogP contribution in [0.1, 0.15) is 29.5 Å². The molecule has 4 aromatic rings. The number of hydrogen-bond acceptors (Lipinski definition) is 5. The minimum atomic E-state index is -0.624. The zero-order valence-corrected chi connectivity index (χ0v) is 14.2.